The molecule has 2 amide bonds. The molecule has 0 saturated heterocycles. The zero-order valence-electron chi connectivity index (χ0n) is 15.9. The Balaban J connectivity index is 1.79. The molecular formula is C21H17BrN2O4S2. The monoisotopic (exact) mass is 504 g/mol. The molecule has 0 saturated carbocycles. The number of aryl methyl sites for hydroxylation is 1. The number of anilines is 2. The van der Waals surface area contributed by atoms with Crippen LogP contribution in [-0.2, 0) is 16.4 Å². The highest BCUT2D eigenvalue weighted by Crippen LogP contribution is 2.37. The predicted octanol–water partition coefficient (Wildman–Crippen LogP) is 5.09. The number of benzene rings is 2. The summed E-state index contributed by atoms with van der Waals surface area (Å²) >= 11 is 4.59. The maximum atomic E-state index is 13.3. The quantitative estimate of drug-likeness (QED) is 0.453. The third-order valence-electron chi connectivity index (χ3n) is 4.81. The second kappa shape index (κ2) is 7.98. The fourth-order valence-electron chi connectivity index (χ4n) is 3.27. The lowest BCUT2D eigenvalue weighted by Crippen LogP contribution is -2.52. The van der Waals surface area contributed by atoms with Crippen LogP contribution in [0.15, 0.2) is 69.3 Å². The van der Waals surface area contributed by atoms with E-state index in [4.69, 9.17) is 0 Å². The van der Waals surface area contributed by atoms with Gasteiger partial charge in [0.05, 0.1) is 26.6 Å². The van der Waals surface area contributed by atoms with Crippen LogP contribution in [-0.4, -0.2) is 26.8 Å². The van der Waals surface area contributed by atoms with Crippen LogP contribution in [0.3, 0.4) is 0 Å². The summed E-state index contributed by atoms with van der Waals surface area (Å²) in [6, 6.07) is 15.7. The number of rotatable bonds is 5. The molecule has 0 unspecified atom stereocenters. The van der Waals surface area contributed by atoms with E-state index in [1.807, 2.05) is 6.92 Å². The van der Waals surface area contributed by atoms with Crippen molar-refractivity contribution in [2.75, 3.05) is 15.7 Å². The van der Waals surface area contributed by atoms with E-state index in [1.54, 1.807) is 54.6 Å². The van der Waals surface area contributed by atoms with Gasteiger partial charge in [-0.3, -0.25) is 9.69 Å². The molecule has 0 aliphatic carbocycles. The number of para-hydroxylation sites is 1. The van der Waals surface area contributed by atoms with Crippen LogP contribution in [0.4, 0.5) is 16.2 Å². The number of halogens is 1. The predicted molar refractivity (Wildman–Crippen MR) is 121 cm³/mol. The Hall–Kier alpha value is -2.49. The fraction of sp³-hybridized carbons (Fsp3) is 0.143. The molecule has 1 aromatic heterocycles. The van der Waals surface area contributed by atoms with Gasteiger partial charge in [-0.2, -0.15) is 4.31 Å². The molecule has 3 aromatic rings. The van der Waals surface area contributed by atoms with Crippen molar-refractivity contribution < 1.29 is 18.0 Å². The molecule has 0 radical (unpaired) electrons. The second-order valence-electron chi connectivity index (χ2n) is 6.65. The highest BCUT2D eigenvalue weighted by atomic mass is 79.9. The Labute approximate surface area is 186 Å². The van der Waals surface area contributed by atoms with Crippen molar-refractivity contribution in [3.63, 3.8) is 0 Å². The number of carbonyl (C=O) groups is 2. The van der Waals surface area contributed by atoms with Crippen molar-refractivity contribution in [3.05, 3.63) is 74.9 Å². The Bertz CT molecular complexity index is 1240. The number of amides is 2. The highest BCUT2D eigenvalue weighted by Gasteiger charge is 2.43. The van der Waals surface area contributed by atoms with Crippen LogP contribution >= 0.6 is 27.3 Å². The number of ketones is 1. The smallest absolute Gasteiger partial charge is 0.291 e. The number of sulfonamides is 1. The lowest BCUT2D eigenvalue weighted by molar-refractivity contribution is 0.100. The van der Waals surface area contributed by atoms with Gasteiger partial charge < -0.3 is 0 Å². The molecule has 0 fully saturated rings. The third kappa shape index (κ3) is 3.57. The average molecular weight is 505 g/mol. The maximum Gasteiger partial charge on any atom is 0.343 e. The molecular weight excluding hydrogens is 488 g/mol. The summed E-state index contributed by atoms with van der Waals surface area (Å²) in [5.41, 5.74) is 1.47. The summed E-state index contributed by atoms with van der Waals surface area (Å²) in [4.78, 5) is 27.8. The van der Waals surface area contributed by atoms with E-state index in [-0.39, 0.29) is 28.6 Å². The Kier molecular flexibility index (Phi) is 5.52. The minimum atomic E-state index is -4.11. The van der Waals surface area contributed by atoms with Gasteiger partial charge in [0.1, 0.15) is 4.90 Å². The number of nitrogens with zero attached hydrogens (tertiary/aromatic N) is 2. The van der Waals surface area contributed by atoms with Gasteiger partial charge >= 0.3 is 6.03 Å². The number of Topliss-reactive ketones (excluding diaryl/α,β-unsaturated/α-hetero) is 1. The van der Waals surface area contributed by atoms with Crippen LogP contribution < -0.4 is 9.21 Å². The van der Waals surface area contributed by atoms with Crippen molar-refractivity contribution in [1.29, 1.82) is 0 Å². The molecule has 2 aromatic carbocycles. The Morgan fingerprint density at radius 1 is 1.03 bits per heavy atom. The summed E-state index contributed by atoms with van der Waals surface area (Å²) < 4.78 is 28.1. The van der Waals surface area contributed by atoms with E-state index >= 15 is 0 Å². The van der Waals surface area contributed by atoms with Crippen LogP contribution in [0.2, 0.25) is 0 Å². The van der Waals surface area contributed by atoms with Gasteiger partial charge in [-0.25, -0.2) is 13.2 Å². The molecule has 2 heterocycles. The van der Waals surface area contributed by atoms with Gasteiger partial charge in [0, 0.05) is 0 Å². The van der Waals surface area contributed by atoms with Crippen LogP contribution in [0.1, 0.15) is 22.2 Å². The Morgan fingerprint density at radius 3 is 2.37 bits per heavy atom. The number of hydrogen-bond donors (Lipinski definition) is 0. The van der Waals surface area contributed by atoms with E-state index in [2.05, 4.69) is 15.9 Å². The van der Waals surface area contributed by atoms with Gasteiger partial charge in [-0.05, 0) is 64.3 Å². The van der Waals surface area contributed by atoms with Crippen LogP contribution in [0.25, 0.3) is 0 Å². The molecule has 0 N–H and O–H groups in total. The van der Waals surface area contributed by atoms with E-state index < -0.39 is 16.1 Å². The summed E-state index contributed by atoms with van der Waals surface area (Å²) in [6.45, 7) is 1.73. The number of carbonyl (C=O) groups excluding carboxylic acids is 2. The summed E-state index contributed by atoms with van der Waals surface area (Å²) in [6.07, 6.45) is 0.792. The first-order chi connectivity index (χ1) is 14.3. The van der Waals surface area contributed by atoms with Crippen molar-refractivity contribution in [3.8, 4) is 0 Å². The van der Waals surface area contributed by atoms with Crippen LogP contribution in [0.5, 0.6) is 0 Å². The number of fused-ring (bicyclic) bond motifs is 1. The molecule has 0 spiro atoms. The molecule has 9 heteroatoms. The van der Waals surface area contributed by atoms with Crippen molar-refractivity contribution in [2.24, 2.45) is 0 Å². The lowest BCUT2D eigenvalue weighted by atomic mass is 10.1. The molecule has 0 bridgehead atoms. The number of urea groups is 1. The zero-order chi connectivity index (χ0) is 21.5. The van der Waals surface area contributed by atoms with Crippen LogP contribution in [0, 0.1) is 0 Å². The van der Waals surface area contributed by atoms with Gasteiger partial charge in [0.2, 0.25) is 0 Å². The van der Waals surface area contributed by atoms with Gasteiger partial charge in [0.15, 0.2) is 5.78 Å². The van der Waals surface area contributed by atoms with Crippen molar-refractivity contribution in [2.45, 2.75) is 18.2 Å². The highest BCUT2D eigenvalue weighted by molar-refractivity contribution is 9.11. The third-order valence-corrected chi connectivity index (χ3v) is 8.22. The largest absolute Gasteiger partial charge is 0.343 e. The first-order valence-corrected chi connectivity index (χ1v) is 12.2. The van der Waals surface area contributed by atoms with E-state index in [0.29, 0.717) is 4.88 Å². The first kappa shape index (κ1) is 20.8. The SMILES string of the molecule is CCc1ccc(N2C(=O)N(CC(=O)c3ccc(Br)s3)c3ccccc3S2(=O)=O)cc1. The van der Waals surface area contributed by atoms with E-state index in [9.17, 15) is 18.0 Å². The average Bonchev–Trinajstić information content (AvgIpc) is 3.18. The van der Waals surface area contributed by atoms with Crippen molar-refractivity contribution >= 4 is 60.5 Å². The standard InChI is InChI=1S/C21H17BrN2O4S2/c1-2-14-7-9-15(10-8-14)24-21(26)23(13-17(25)18-11-12-20(22)29-18)16-5-3-4-6-19(16)30(24,27)28/h3-12H,2,13H2,1H3. The minimum absolute atomic E-state index is 0.00988. The molecule has 6 nitrogen and oxygen atoms in total. The van der Waals surface area contributed by atoms with E-state index in [1.165, 1.54) is 22.3 Å². The minimum Gasteiger partial charge on any atom is -0.291 e. The summed E-state index contributed by atoms with van der Waals surface area (Å²) in [5.74, 6) is -0.269. The fourth-order valence-corrected chi connectivity index (χ4v) is 6.18. The first-order valence-electron chi connectivity index (χ1n) is 9.16. The molecule has 1 aliphatic rings. The van der Waals surface area contributed by atoms with Gasteiger partial charge in [-0.15, -0.1) is 11.3 Å². The maximum absolute atomic E-state index is 13.3. The van der Waals surface area contributed by atoms with E-state index in [0.717, 1.165) is 20.1 Å². The van der Waals surface area contributed by atoms with Gasteiger partial charge in [-0.1, -0.05) is 31.2 Å². The molecule has 4 rings (SSSR count). The van der Waals surface area contributed by atoms with Crippen molar-refractivity contribution in [1.82, 2.24) is 0 Å². The summed E-state index contributed by atoms with van der Waals surface area (Å²) in [5, 5.41) is 0. The Morgan fingerprint density at radius 2 is 1.73 bits per heavy atom. The second-order valence-corrected chi connectivity index (χ2v) is 10.9. The lowest BCUT2D eigenvalue weighted by Gasteiger charge is -2.35. The number of hydrogen-bond acceptors (Lipinski definition) is 5. The molecule has 30 heavy (non-hydrogen) atoms. The number of thiophene rings is 1. The molecule has 1 aliphatic heterocycles. The summed E-state index contributed by atoms with van der Waals surface area (Å²) in [7, 11) is -4.11. The molecule has 154 valence electrons. The molecule has 0 atom stereocenters. The van der Waals surface area contributed by atoms with Gasteiger partial charge in [0.25, 0.3) is 10.0 Å². The normalized spacial score (nSPS) is 15.2. The zero-order valence-corrected chi connectivity index (χ0v) is 19.1. The topological polar surface area (TPSA) is 74.8 Å².